The molecule has 1 saturated heterocycles. The van der Waals surface area contributed by atoms with Gasteiger partial charge in [-0.1, -0.05) is 30.3 Å². The van der Waals surface area contributed by atoms with Crippen LogP contribution >= 0.6 is 0 Å². The van der Waals surface area contributed by atoms with Crippen LogP contribution in [0.15, 0.2) is 66.7 Å². The van der Waals surface area contributed by atoms with Gasteiger partial charge in [0.05, 0.1) is 10.5 Å². The van der Waals surface area contributed by atoms with Gasteiger partial charge in [-0.25, -0.2) is 0 Å². The van der Waals surface area contributed by atoms with Crippen LogP contribution in [0.4, 0.5) is 18.9 Å². The van der Waals surface area contributed by atoms with E-state index in [9.17, 15) is 28.1 Å². The van der Waals surface area contributed by atoms with Crippen LogP contribution in [0.2, 0.25) is 0 Å². The predicted octanol–water partition coefficient (Wildman–Crippen LogP) is 5.46. The summed E-state index contributed by atoms with van der Waals surface area (Å²) in [5.74, 6) is 0.378. The van der Waals surface area contributed by atoms with Gasteiger partial charge in [0.2, 0.25) is 0 Å². The van der Waals surface area contributed by atoms with E-state index in [1.54, 1.807) is 48.2 Å². The lowest BCUT2D eigenvalue weighted by Crippen LogP contribution is -2.48. The van der Waals surface area contributed by atoms with Crippen LogP contribution in [0.3, 0.4) is 0 Å². The van der Waals surface area contributed by atoms with Crippen LogP contribution in [-0.2, 0) is 19.3 Å². The van der Waals surface area contributed by atoms with Crippen molar-refractivity contribution in [1.82, 2.24) is 9.80 Å². The maximum absolute atomic E-state index is 13.1. The molecule has 0 atom stereocenters. The second kappa shape index (κ2) is 11.0. The molecule has 0 radical (unpaired) electrons. The normalized spacial score (nSPS) is 14.4. The minimum absolute atomic E-state index is 0.0230. The average molecular weight is 514 g/mol. The Labute approximate surface area is 212 Å². The molecule has 194 valence electrons. The maximum atomic E-state index is 13.1. The number of nitro groups is 1. The van der Waals surface area contributed by atoms with Crippen molar-refractivity contribution in [3.05, 3.63) is 105 Å². The van der Waals surface area contributed by atoms with E-state index in [1.165, 1.54) is 18.2 Å². The number of nitrogens with zero attached hydrogens (tertiary/aromatic N) is 3. The first-order chi connectivity index (χ1) is 17.6. The van der Waals surface area contributed by atoms with Crippen LogP contribution in [0.1, 0.15) is 32.6 Å². The maximum Gasteiger partial charge on any atom is 0.416 e. The van der Waals surface area contributed by atoms with Crippen LogP contribution in [0.25, 0.3) is 0 Å². The summed E-state index contributed by atoms with van der Waals surface area (Å²) in [5, 5.41) is 11.0. The van der Waals surface area contributed by atoms with Gasteiger partial charge in [-0.05, 0) is 48.4 Å². The number of nitro benzene ring substituents is 1. The Morgan fingerprint density at radius 3 is 2.35 bits per heavy atom. The van der Waals surface area contributed by atoms with Crippen molar-refractivity contribution >= 4 is 11.6 Å². The van der Waals surface area contributed by atoms with Gasteiger partial charge < -0.3 is 9.64 Å². The lowest BCUT2D eigenvalue weighted by molar-refractivity contribution is -0.385. The standard InChI is InChI=1S/C27H26F3N3O4/c1-19-14-24(8-9-25(19)33(35)36)37-18-21-5-2-6-22(15-21)26(34)32-12-10-31(11-13-32)17-20-4-3-7-23(16-20)27(28,29)30/h2-9,14-16H,10-13,17-18H2,1H3. The Morgan fingerprint density at radius 2 is 1.68 bits per heavy atom. The zero-order valence-electron chi connectivity index (χ0n) is 20.2. The fourth-order valence-electron chi connectivity index (χ4n) is 4.28. The van der Waals surface area contributed by atoms with E-state index < -0.39 is 16.7 Å². The number of aryl methyl sites for hydroxylation is 1. The number of carbonyl (C=O) groups excluding carboxylic acids is 1. The van der Waals surface area contributed by atoms with Gasteiger partial charge in [0.25, 0.3) is 11.6 Å². The van der Waals surface area contributed by atoms with Crippen molar-refractivity contribution in [3.8, 4) is 5.75 Å². The highest BCUT2D eigenvalue weighted by Crippen LogP contribution is 2.30. The quantitative estimate of drug-likeness (QED) is 0.310. The van der Waals surface area contributed by atoms with E-state index in [4.69, 9.17) is 4.74 Å². The second-order valence-electron chi connectivity index (χ2n) is 8.96. The molecule has 1 heterocycles. The topological polar surface area (TPSA) is 75.9 Å². The third-order valence-corrected chi connectivity index (χ3v) is 6.26. The Morgan fingerprint density at radius 1 is 0.973 bits per heavy atom. The molecular weight excluding hydrogens is 487 g/mol. The van der Waals surface area contributed by atoms with Gasteiger partial charge in [0.15, 0.2) is 0 Å². The predicted molar refractivity (Wildman–Crippen MR) is 131 cm³/mol. The van der Waals surface area contributed by atoms with Crippen molar-refractivity contribution in [1.29, 1.82) is 0 Å². The van der Waals surface area contributed by atoms with E-state index >= 15 is 0 Å². The number of benzene rings is 3. The van der Waals surface area contributed by atoms with Crippen LogP contribution < -0.4 is 4.74 Å². The molecule has 0 unspecified atom stereocenters. The number of piperazine rings is 1. The van der Waals surface area contributed by atoms with Gasteiger partial charge in [0, 0.05) is 49.9 Å². The highest BCUT2D eigenvalue weighted by Gasteiger charge is 2.30. The molecule has 0 bridgehead atoms. The van der Waals surface area contributed by atoms with Gasteiger partial charge >= 0.3 is 6.18 Å². The third-order valence-electron chi connectivity index (χ3n) is 6.26. The average Bonchev–Trinajstić information content (AvgIpc) is 2.87. The molecule has 0 aromatic heterocycles. The monoisotopic (exact) mass is 513 g/mol. The number of halogens is 3. The number of ether oxygens (including phenoxy) is 1. The molecule has 1 aliphatic rings. The van der Waals surface area contributed by atoms with E-state index in [0.29, 0.717) is 55.2 Å². The van der Waals surface area contributed by atoms with E-state index in [2.05, 4.69) is 0 Å². The summed E-state index contributed by atoms with van der Waals surface area (Å²) in [6.07, 6.45) is -4.37. The minimum Gasteiger partial charge on any atom is -0.489 e. The van der Waals surface area contributed by atoms with E-state index in [-0.39, 0.29) is 18.2 Å². The number of alkyl halides is 3. The van der Waals surface area contributed by atoms with Crippen molar-refractivity contribution in [2.45, 2.75) is 26.3 Å². The molecule has 1 fully saturated rings. The molecule has 0 saturated carbocycles. The Bertz CT molecular complexity index is 1290. The summed E-state index contributed by atoms with van der Waals surface area (Å²) in [7, 11) is 0. The first kappa shape index (κ1) is 26.2. The Hall–Kier alpha value is -3.92. The van der Waals surface area contributed by atoms with Gasteiger partial charge in [-0.3, -0.25) is 19.8 Å². The largest absolute Gasteiger partial charge is 0.489 e. The van der Waals surface area contributed by atoms with Crippen LogP contribution in [0, 0.1) is 17.0 Å². The summed E-state index contributed by atoms with van der Waals surface area (Å²) in [6.45, 7) is 4.30. The summed E-state index contributed by atoms with van der Waals surface area (Å²) in [5.41, 5.74) is 1.75. The van der Waals surface area contributed by atoms with Crippen LogP contribution in [0.5, 0.6) is 5.75 Å². The lowest BCUT2D eigenvalue weighted by atomic mass is 10.1. The molecule has 7 nitrogen and oxygen atoms in total. The molecule has 1 aliphatic heterocycles. The number of hydrogen-bond acceptors (Lipinski definition) is 5. The molecule has 4 rings (SSSR count). The van der Waals surface area contributed by atoms with E-state index in [0.717, 1.165) is 11.6 Å². The van der Waals surface area contributed by atoms with Gasteiger partial charge in [-0.15, -0.1) is 0 Å². The van der Waals surface area contributed by atoms with Crippen molar-refractivity contribution < 1.29 is 27.6 Å². The Kier molecular flexibility index (Phi) is 7.77. The van der Waals surface area contributed by atoms with Crippen molar-refractivity contribution in [2.24, 2.45) is 0 Å². The van der Waals surface area contributed by atoms with Crippen LogP contribution in [-0.4, -0.2) is 46.8 Å². The number of hydrogen-bond donors (Lipinski definition) is 0. The number of carbonyl (C=O) groups is 1. The zero-order chi connectivity index (χ0) is 26.6. The molecule has 1 amide bonds. The molecule has 10 heteroatoms. The van der Waals surface area contributed by atoms with E-state index in [1.807, 2.05) is 11.0 Å². The van der Waals surface area contributed by atoms with Gasteiger partial charge in [0.1, 0.15) is 12.4 Å². The number of rotatable bonds is 7. The number of amides is 1. The SMILES string of the molecule is Cc1cc(OCc2cccc(C(=O)N3CCN(Cc4cccc(C(F)(F)F)c4)CC3)c2)ccc1[N+](=O)[O-]. The first-order valence-electron chi connectivity index (χ1n) is 11.7. The molecule has 0 aliphatic carbocycles. The summed E-state index contributed by atoms with van der Waals surface area (Å²) in [4.78, 5) is 27.4. The summed E-state index contributed by atoms with van der Waals surface area (Å²) < 4.78 is 44.7. The highest BCUT2D eigenvalue weighted by atomic mass is 19.4. The molecule has 37 heavy (non-hydrogen) atoms. The third kappa shape index (κ3) is 6.65. The molecule has 0 N–H and O–H groups in total. The summed E-state index contributed by atoms with van der Waals surface area (Å²) in [6, 6.07) is 17.0. The molecule has 3 aromatic rings. The summed E-state index contributed by atoms with van der Waals surface area (Å²) >= 11 is 0. The molecule has 0 spiro atoms. The highest BCUT2D eigenvalue weighted by molar-refractivity contribution is 5.94. The van der Waals surface area contributed by atoms with Gasteiger partial charge in [-0.2, -0.15) is 13.2 Å². The smallest absolute Gasteiger partial charge is 0.416 e. The molecule has 3 aromatic carbocycles. The fraction of sp³-hybridized carbons (Fsp3) is 0.296. The fourth-order valence-corrected chi connectivity index (χ4v) is 4.28. The second-order valence-corrected chi connectivity index (χ2v) is 8.96. The lowest BCUT2D eigenvalue weighted by Gasteiger charge is -2.35. The first-order valence-corrected chi connectivity index (χ1v) is 11.7. The van der Waals surface area contributed by atoms with Crippen molar-refractivity contribution in [2.75, 3.05) is 26.2 Å². The molecular formula is C27H26F3N3O4. The Balaban J connectivity index is 1.32. The minimum atomic E-state index is -4.37. The zero-order valence-corrected chi connectivity index (χ0v) is 20.2. The van der Waals surface area contributed by atoms with Crippen molar-refractivity contribution in [3.63, 3.8) is 0 Å².